The molecule has 0 atom stereocenters. The summed E-state index contributed by atoms with van der Waals surface area (Å²) < 4.78 is 0. The second kappa shape index (κ2) is 4.44. The first kappa shape index (κ1) is 11.0. The lowest BCUT2D eigenvalue weighted by molar-refractivity contribution is -0.422. The minimum atomic E-state index is -0.486. The van der Waals surface area contributed by atoms with Crippen LogP contribution in [0.4, 0.5) is 0 Å². The zero-order valence-corrected chi connectivity index (χ0v) is 8.84. The van der Waals surface area contributed by atoms with Crippen LogP contribution in [0.25, 0.3) is 6.08 Å². The Bertz CT molecular complexity index is 382. The molecule has 0 aliphatic heterocycles. The van der Waals surface area contributed by atoms with Gasteiger partial charge in [-0.3, -0.25) is 10.1 Å². The van der Waals surface area contributed by atoms with Crippen molar-refractivity contribution in [1.29, 1.82) is 0 Å². The second-order valence-electron chi connectivity index (χ2n) is 2.68. The molecule has 3 nitrogen and oxygen atoms in total. The van der Waals surface area contributed by atoms with Crippen molar-refractivity contribution in [3.8, 4) is 0 Å². The lowest BCUT2D eigenvalue weighted by Crippen LogP contribution is -1.93. The standard InChI is InChI=1S/C9H7Cl2NO2/c1-6(12(13)14)5-7-8(10)3-2-4-9(7)11/h2-5H,1H3. The van der Waals surface area contributed by atoms with E-state index in [9.17, 15) is 10.1 Å². The highest BCUT2D eigenvalue weighted by atomic mass is 35.5. The van der Waals surface area contributed by atoms with Crippen molar-refractivity contribution in [2.75, 3.05) is 0 Å². The zero-order valence-electron chi connectivity index (χ0n) is 7.33. The molecule has 14 heavy (non-hydrogen) atoms. The van der Waals surface area contributed by atoms with Gasteiger partial charge in [0.25, 0.3) is 0 Å². The highest BCUT2D eigenvalue weighted by Crippen LogP contribution is 2.26. The predicted octanol–water partition coefficient (Wildman–Crippen LogP) is 3.63. The van der Waals surface area contributed by atoms with Crippen molar-refractivity contribution < 1.29 is 4.92 Å². The average Bonchev–Trinajstić information content (AvgIpc) is 2.11. The SMILES string of the molecule is CC(=Cc1c(Cl)cccc1Cl)[N+](=O)[O-]. The first-order valence-corrected chi connectivity index (χ1v) is 4.54. The fraction of sp³-hybridized carbons (Fsp3) is 0.111. The van der Waals surface area contributed by atoms with E-state index in [4.69, 9.17) is 23.2 Å². The van der Waals surface area contributed by atoms with E-state index in [1.165, 1.54) is 13.0 Å². The summed E-state index contributed by atoms with van der Waals surface area (Å²) in [5, 5.41) is 11.2. The Kier molecular flexibility index (Phi) is 3.49. The van der Waals surface area contributed by atoms with Gasteiger partial charge in [0.05, 0.1) is 4.92 Å². The maximum absolute atomic E-state index is 10.4. The van der Waals surface area contributed by atoms with E-state index in [1.54, 1.807) is 18.2 Å². The Balaban J connectivity index is 3.20. The van der Waals surface area contributed by atoms with Crippen LogP contribution in [0.1, 0.15) is 12.5 Å². The molecule has 0 aromatic heterocycles. The van der Waals surface area contributed by atoms with Crippen LogP contribution in [-0.2, 0) is 0 Å². The largest absolute Gasteiger partial charge is 0.259 e. The van der Waals surface area contributed by atoms with Crippen molar-refractivity contribution in [3.63, 3.8) is 0 Å². The number of hydrogen-bond donors (Lipinski definition) is 0. The van der Waals surface area contributed by atoms with Gasteiger partial charge in [-0.05, 0) is 12.1 Å². The molecule has 0 fully saturated rings. The Hall–Kier alpha value is -1.06. The summed E-state index contributed by atoms with van der Waals surface area (Å²) in [6.07, 6.45) is 1.35. The topological polar surface area (TPSA) is 43.1 Å². The van der Waals surface area contributed by atoms with E-state index in [1.807, 2.05) is 0 Å². The van der Waals surface area contributed by atoms with Gasteiger partial charge in [0, 0.05) is 28.6 Å². The Morgan fingerprint density at radius 2 is 1.93 bits per heavy atom. The van der Waals surface area contributed by atoms with Crippen molar-refractivity contribution in [2.24, 2.45) is 0 Å². The van der Waals surface area contributed by atoms with Crippen LogP contribution in [0.5, 0.6) is 0 Å². The van der Waals surface area contributed by atoms with Crippen LogP contribution in [-0.4, -0.2) is 4.92 Å². The van der Waals surface area contributed by atoms with E-state index in [0.29, 0.717) is 15.6 Å². The van der Waals surface area contributed by atoms with Crippen LogP contribution in [0, 0.1) is 10.1 Å². The average molecular weight is 232 g/mol. The zero-order chi connectivity index (χ0) is 10.7. The summed E-state index contributed by atoms with van der Waals surface area (Å²) in [5.41, 5.74) is 0.477. The molecule has 0 saturated heterocycles. The Morgan fingerprint density at radius 1 is 1.43 bits per heavy atom. The van der Waals surface area contributed by atoms with Gasteiger partial charge < -0.3 is 0 Å². The summed E-state index contributed by atoms with van der Waals surface area (Å²) in [6.45, 7) is 1.39. The van der Waals surface area contributed by atoms with E-state index in [-0.39, 0.29) is 5.70 Å². The molecule has 0 aliphatic carbocycles. The normalized spacial score (nSPS) is 11.5. The molecule has 0 unspecified atom stereocenters. The molecule has 0 N–H and O–H groups in total. The molecule has 1 aromatic rings. The summed E-state index contributed by atoms with van der Waals surface area (Å²) in [4.78, 5) is 9.89. The Morgan fingerprint density at radius 3 is 2.36 bits per heavy atom. The van der Waals surface area contributed by atoms with Crippen LogP contribution in [0.3, 0.4) is 0 Å². The molecule has 0 aliphatic rings. The van der Waals surface area contributed by atoms with E-state index < -0.39 is 4.92 Å². The predicted molar refractivity (Wildman–Crippen MR) is 57.1 cm³/mol. The van der Waals surface area contributed by atoms with Crippen LogP contribution >= 0.6 is 23.2 Å². The molecule has 0 amide bonds. The van der Waals surface area contributed by atoms with Crippen molar-refractivity contribution in [2.45, 2.75) is 6.92 Å². The third-order valence-corrected chi connectivity index (χ3v) is 2.30. The minimum absolute atomic E-state index is 0.000000000000000222. The number of halogens is 2. The summed E-state index contributed by atoms with van der Waals surface area (Å²) in [6, 6.07) is 4.95. The molecule has 1 aromatic carbocycles. The summed E-state index contributed by atoms with van der Waals surface area (Å²) in [7, 11) is 0. The number of nitrogens with zero attached hydrogens (tertiary/aromatic N) is 1. The summed E-state index contributed by atoms with van der Waals surface area (Å²) >= 11 is 11.7. The van der Waals surface area contributed by atoms with Gasteiger partial charge in [-0.15, -0.1) is 0 Å². The first-order valence-electron chi connectivity index (χ1n) is 3.79. The van der Waals surface area contributed by atoms with Gasteiger partial charge in [-0.1, -0.05) is 29.3 Å². The maximum atomic E-state index is 10.4. The highest BCUT2D eigenvalue weighted by Gasteiger charge is 2.07. The molecular weight excluding hydrogens is 225 g/mol. The summed E-state index contributed by atoms with van der Waals surface area (Å²) in [5.74, 6) is 0. The molecule has 0 spiro atoms. The fourth-order valence-electron chi connectivity index (χ4n) is 0.910. The molecule has 0 saturated carbocycles. The van der Waals surface area contributed by atoms with Crippen LogP contribution < -0.4 is 0 Å². The number of hydrogen-bond acceptors (Lipinski definition) is 2. The number of rotatable bonds is 2. The molecule has 74 valence electrons. The van der Waals surface area contributed by atoms with Gasteiger partial charge in [0.2, 0.25) is 5.70 Å². The van der Waals surface area contributed by atoms with Gasteiger partial charge in [-0.2, -0.15) is 0 Å². The van der Waals surface area contributed by atoms with Crippen molar-refractivity contribution in [3.05, 3.63) is 49.6 Å². The quantitative estimate of drug-likeness (QED) is 0.577. The third-order valence-electron chi connectivity index (χ3n) is 1.64. The number of benzene rings is 1. The van der Waals surface area contributed by atoms with Gasteiger partial charge >= 0.3 is 0 Å². The fourth-order valence-corrected chi connectivity index (χ4v) is 1.42. The van der Waals surface area contributed by atoms with Crippen molar-refractivity contribution >= 4 is 29.3 Å². The molecule has 1 rings (SSSR count). The lowest BCUT2D eigenvalue weighted by atomic mass is 10.2. The monoisotopic (exact) mass is 231 g/mol. The number of nitro groups is 1. The highest BCUT2D eigenvalue weighted by molar-refractivity contribution is 6.37. The molecule has 0 heterocycles. The minimum Gasteiger partial charge on any atom is -0.259 e. The van der Waals surface area contributed by atoms with E-state index in [2.05, 4.69) is 0 Å². The van der Waals surface area contributed by atoms with E-state index in [0.717, 1.165) is 0 Å². The van der Waals surface area contributed by atoms with Crippen LogP contribution in [0.15, 0.2) is 23.9 Å². The van der Waals surface area contributed by atoms with Gasteiger partial charge in [-0.25, -0.2) is 0 Å². The second-order valence-corrected chi connectivity index (χ2v) is 3.49. The molecular formula is C9H7Cl2NO2. The third kappa shape index (κ3) is 2.47. The van der Waals surface area contributed by atoms with Crippen molar-refractivity contribution in [1.82, 2.24) is 0 Å². The first-order chi connectivity index (χ1) is 6.52. The lowest BCUT2D eigenvalue weighted by Gasteiger charge is -2.00. The molecule has 0 bridgehead atoms. The van der Waals surface area contributed by atoms with Crippen LogP contribution in [0.2, 0.25) is 10.0 Å². The van der Waals surface area contributed by atoms with E-state index >= 15 is 0 Å². The Labute approximate surface area is 91.1 Å². The molecule has 5 heteroatoms. The number of allylic oxidation sites excluding steroid dienone is 1. The maximum Gasteiger partial charge on any atom is 0.243 e. The van der Waals surface area contributed by atoms with Gasteiger partial charge in [0.1, 0.15) is 0 Å². The van der Waals surface area contributed by atoms with Gasteiger partial charge in [0.15, 0.2) is 0 Å². The smallest absolute Gasteiger partial charge is 0.243 e. The molecule has 0 radical (unpaired) electrons.